The number of anilines is 2. The molecule has 28 heavy (non-hydrogen) atoms. The van der Waals surface area contributed by atoms with Crippen molar-refractivity contribution < 1.29 is 9.59 Å². The van der Waals surface area contributed by atoms with Gasteiger partial charge < -0.3 is 10.6 Å². The van der Waals surface area contributed by atoms with Gasteiger partial charge in [0.2, 0.25) is 0 Å². The van der Waals surface area contributed by atoms with E-state index in [0.29, 0.717) is 11.1 Å². The number of carbonyl (C=O) groups excluding carboxylic acids is 2. The Hall–Kier alpha value is -3.92. The molecule has 4 aromatic rings. The number of rotatable bonds is 4. The van der Waals surface area contributed by atoms with Crippen LogP contribution in [0.5, 0.6) is 0 Å². The highest BCUT2D eigenvalue weighted by atomic mass is 16.2. The number of hydrogen-bond donors (Lipinski definition) is 2. The van der Waals surface area contributed by atoms with Crippen molar-refractivity contribution in [1.82, 2.24) is 0 Å². The monoisotopic (exact) mass is 366 g/mol. The molecule has 0 aliphatic carbocycles. The summed E-state index contributed by atoms with van der Waals surface area (Å²) in [5, 5.41) is 7.26. The SMILES string of the molecule is O=C(Nc1ccccc1)c1ccc(C(=O)Nc2ccccc2)c2ccccc12. The van der Waals surface area contributed by atoms with Crippen LogP contribution in [0.4, 0.5) is 11.4 Å². The van der Waals surface area contributed by atoms with Crippen molar-refractivity contribution in [3.8, 4) is 0 Å². The van der Waals surface area contributed by atoms with Crippen LogP contribution in [0.2, 0.25) is 0 Å². The first-order valence-corrected chi connectivity index (χ1v) is 8.97. The first-order valence-electron chi connectivity index (χ1n) is 8.97. The minimum Gasteiger partial charge on any atom is -0.322 e. The van der Waals surface area contributed by atoms with Crippen molar-refractivity contribution in [1.29, 1.82) is 0 Å². The average Bonchev–Trinajstić information content (AvgIpc) is 2.74. The van der Waals surface area contributed by atoms with E-state index in [0.717, 1.165) is 22.1 Å². The van der Waals surface area contributed by atoms with Crippen molar-refractivity contribution >= 4 is 34.0 Å². The number of para-hydroxylation sites is 2. The molecule has 0 aliphatic rings. The molecule has 0 unspecified atom stereocenters. The molecule has 0 radical (unpaired) electrons. The fraction of sp³-hybridized carbons (Fsp3) is 0. The Morgan fingerprint density at radius 1 is 0.464 bits per heavy atom. The standard InChI is InChI=1S/C24H18N2O2/c27-23(25-17-9-3-1-4-10-17)21-15-16-22(20-14-8-7-13-19(20)21)24(28)26-18-11-5-2-6-12-18/h1-16H,(H,25,27)(H,26,28). The molecule has 4 nitrogen and oxygen atoms in total. The van der Waals surface area contributed by atoms with Gasteiger partial charge in [0.25, 0.3) is 11.8 Å². The topological polar surface area (TPSA) is 58.2 Å². The van der Waals surface area contributed by atoms with Crippen LogP contribution in [0.25, 0.3) is 10.8 Å². The van der Waals surface area contributed by atoms with Crippen molar-refractivity contribution in [2.24, 2.45) is 0 Å². The van der Waals surface area contributed by atoms with Crippen molar-refractivity contribution in [3.63, 3.8) is 0 Å². The summed E-state index contributed by atoms with van der Waals surface area (Å²) >= 11 is 0. The predicted molar refractivity (Wildman–Crippen MR) is 113 cm³/mol. The molecule has 0 spiro atoms. The Kier molecular flexibility index (Phi) is 4.85. The van der Waals surface area contributed by atoms with Crippen LogP contribution < -0.4 is 10.6 Å². The lowest BCUT2D eigenvalue weighted by molar-refractivity contribution is 0.101. The highest BCUT2D eigenvalue weighted by Gasteiger charge is 2.16. The third-order valence-electron chi connectivity index (χ3n) is 4.48. The first kappa shape index (κ1) is 17.5. The highest BCUT2D eigenvalue weighted by molar-refractivity contribution is 6.19. The van der Waals surface area contributed by atoms with Gasteiger partial charge in [0.05, 0.1) is 0 Å². The van der Waals surface area contributed by atoms with Gasteiger partial charge in [-0.15, -0.1) is 0 Å². The van der Waals surface area contributed by atoms with Gasteiger partial charge in [-0.05, 0) is 47.2 Å². The van der Waals surface area contributed by atoms with Crippen LogP contribution in [0.1, 0.15) is 20.7 Å². The molecule has 136 valence electrons. The molecule has 0 heterocycles. The second-order valence-corrected chi connectivity index (χ2v) is 6.35. The summed E-state index contributed by atoms with van der Waals surface area (Å²) in [5.74, 6) is -0.421. The zero-order valence-electron chi connectivity index (χ0n) is 15.1. The molecule has 4 aromatic carbocycles. The van der Waals surface area contributed by atoms with E-state index < -0.39 is 0 Å². The maximum atomic E-state index is 12.8. The van der Waals surface area contributed by atoms with Crippen molar-refractivity contribution in [3.05, 3.63) is 108 Å². The molecular formula is C24H18N2O2. The summed E-state index contributed by atoms with van der Waals surface area (Å²) < 4.78 is 0. The summed E-state index contributed by atoms with van der Waals surface area (Å²) in [5.41, 5.74) is 2.50. The smallest absolute Gasteiger partial charge is 0.256 e. The second kappa shape index (κ2) is 7.76. The van der Waals surface area contributed by atoms with Crippen LogP contribution in [0, 0.1) is 0 Å². The Balaban J connectivity index is 1.69. The van der Waals surface area contributed by atoms with Gasteiger partial charge in [0.15, 0.2) is 0 Å². The third-order valence-corrected chi connectivity index (χ3v) is 4.48. The van der Waals surface area contributed by atoms with E-state index in [9.17, 15) is 9.59 Å². The van der Waals surface area contributed by atoms with E-state index >= 15 is 0 Å². The summed E-state index contributed by atoms with van der Waals surface area (Å²) in [4.78, 5) is 25.6. The molecule has 2 amide bonds. The maximum absolute atomic E-state index is 12.8. The first-order chi connectivity index (χ1) is 13.7. The van der Waals surface area contributed by atoms with Gasteiger partial charge in [-0.1, -0.05) is 60.7 Å². The minimum atomic E-state index is -0.211. The Morgan fingerprint density at radius 3 is 1.21 bits per heavy atom. The van der Waals surface area contributed by atoms with E-state index in [1.807, 2.05) is 84.9 Å². The summed E-state index contributed by atoms with van der Waals surface area (Å²) in [6.07, 6.45) is 0. The van der Waals surface area contributed by atoms with E-state index in [-0.39, 0.29) is 11.8 Å². The van der Waals surface area contributed by atoms with Crippen LogP contribution >= 0.6 is 0 Å². The minimum absolute atomic E-state index is 0.211. The summed E-state index contributed by atoms with van der Waals surface area (Å²) in [6.45, 7) is 0. The lowest BCUT2D eigenvalue weighted by atomic mass is 9.98. The predicted octanol–water partition coefficient (Wildman–Crippen LogP) is 5.34. The highest BCUT2D eigenvalue weighted by Crippen LogP contribution is 2.25. The molecule has 2 N–H and O–H groups in total. The number of benzene rings is 4. The molecular weight excluding hydrogens is 348 g/mol. The molecule has 0 fully saturated rings. The second-order valence-electron chi connectivity index (χ2n) is 6.35. The average molecular weight is 366 g/mol. The molecule has 0 aliphatic heterocycles. The lowest BCUT2D eigenvalue weighted by Crippen LogP contribution is -2.15. The van der Waals surface area contributed by atoms with Crippen LogP contribution in [0.3, 0.4) is 0 Å². The fourth-order valence-corrected chi connectivity index (χ4v) is 3.13. The van der Waals surface area contributed by atoms with Gasteiger partial charge in [0.1, 0.15) is 0 Å². The normalized spacial score (nSPS) is 10.4. The van der Waals surface area contributed by atoms with Crippen LogP contribution in [-0.4, -0.2) is 11.8 Å². The van der Waals surface area contributed by atoms with Crippen molar-refractivity contribution in [2.75, 3.05) is 10.6 Å². The molecule has 0 saturated heterocycles. The van der Waals surface area contributed by atoms with Gasteiger partial charge >= 0.3 is 0 Å². The van der Waals surface area contributed by atoms with Crippen LogP contribution in [-0.2, 0) is 0 Å². The fourth-order valence-electron chi connectivity index (χ4n) is 3.13. The molecule has 0 saturated carbocycles. The molecule has 4 heteroatoms. The van der Waals surface area contributed by atoms with E-state index in [2.05, 4.69) is 10.6 Å². The zero-order chi connectivity index (χ0) is 19.3. The third kappa shape index (κ3) is 3.62. The van der Waals surface area contributed by atoms with Gasteiger partial charge in [-0.25, -0.2) is 0 Å². The van der Waals surface area contributed by atoms with Crippen LogP contribution in [0.15, 0.2) is 97.1 Å². The van der Waals surface area contributed by atoms with E-state index in [1.54, 1.807) is 12.1 Å². The number of fused-ring (bicyclic) bond motifs is 1. The van der Waals surface area contributed by atoms with E-state index in [1.165, 1.54) is 0 Å². The van der Waals surface area contributed by atoms with E-state index in [4.69, 9.17) is 0 Å². The number of nitrogens with one attached hydrogen (secondary N) is 2. The van der Waals surface area contributed by atoms with Gasteiger partial charge in [-0.2, -0.15) is 0 Å². The Bertz CT molecular complexity index is 1050. The number of hydrogen-bond acceptors (Lipinski definition) is 2. The maximum Gasteiger partial charge on any atom is 0.256 e. The number of amides is 2. The quantitative estimate of drug-likeness (QED) is 0.512. The number of carbonyl (C=O) groups is 2. The zero-order valence-corrected chi connectivity index (χ0v) is 15.1. The lowest BCUT2D eigenvalue weighted by Gasteiger charge is -2.12. The Morgan fingerprint density at radius 2 is 0.821 bits per heavy atom. The molecule has 0 aromatic heterocycles. The molecule has 0 bridgehead atoms. The summed E-state index contributed by atoms with van der Waals surface area (Å²) in [6, 6.07) is 29.4. The van der Waals surface area contributed by atoms with Gasteiger partial charge in [-0.3, -0.25) is 9.59 Å². The summed E-state index contributed by atoms with van der Waals surface area (Å²) in [7, 11) is 0. The van der Waals surface area contributed by atoms with Crippen molar-refractivity contribution in [2.45, 2.75) is 0 Å². The Labute approximate surface area is 162 Å². The largest absolute Gasteiger partial charge is 0.322 e. The molecule has 0 atom stereocenters. The molecule has 4 rings (SSSR count). The van der Waals surface area contributed by atoms with Gasteiger partial charge in [0, 0.05) is 22.5 Å².